The van der Waals surface area contributed by atoms with Gasteiger partial charge in [-0.3, -0.25) is 4.90 Å². The molecule has 0 aliphatic carbocycles. The van der Waals surface area contributed by atoms with Gasteiger partial charge in [-0.2, -0.15) is 11.3 Å². The Morgan fingerprint density at radius 3 is 2.96 bits per heavy atom. The van der Waals surface area contributed by atoms with Gasteiger partial charge in [-0.05, 0) is 60.7 Å². The highest BCUT2D eigenvalue weighted by molar-refractivity contribution is 7.07. The molecule has 3 saturated heterocycles. The normalized spacial score (nSPS) is 33.5. The van der Waals surface area contributed by atoms with E-state index in [1.807, 2.05) is 0 Å². The largest absolute Gasteiger partial charge is 0.377 e. The van der Waals surface area contributed by atoms with Crippen LogP contribution in [0, 0.1) is 5.92 Å². The molecule has 0 amide bonds. The minimum atomic E-state index is -0.0725. The first-order valence-electron chi connectivity index (χ1n) is 8.99. The molecule has 0 unspecified atom stereocenters. The summed E-state index contributed by atoms with van der Waals surface area (Å²) in [7, 11) is 0. The lowest BCUT2D eigenvalue weighted by Crippen LogP contribution is -2.44. The van der Waals surface area contributed by atoms with E-state index in [2.05, 4.69) is 26.6 Å². The first-order valence-corrected chi connectivity index (χ1v) is 9.93. The van der Waals surface area contributed by atoms with Gasteiger partial charge in [0.05, 0.1) is 19.8 Å². The van der Waals surface area contributed by atoms with Crippen LogP contribution in [0.25, 0.3) is 0 Å². The van der Waals surface area contributed by atoms with Gasteiger partial charge in [0.2, 0.25) is 0 Å². The van der Waals surface area contributed by atoms with Crippen LogP contribution in [0.5, 0.6) is 0 Å². The monoisotopic (exact) mass is 336 g/mol. The van der Waals surface area contributed by atoms with E-state index >= 15 is 0 Å². The maximum absolute atomic E-state index is 6.34. The van der Waals surface area contributed by atoms with Gasteiger partial charge >= 0.3 is 0 Å². The van der Waals surface area contributed by atoms with Gasteiger partial charge in [0.1, 0.15) is 5.60 Å². The van der Waals surface area contributed by atoms with Crippen LogP contribution >= 0.6 is 11.3 Å². The summed E-state index contributed by atoms with van der Waals surface area (Å²) in [6, 6.07) is 2.23. The molecule has 128 valence electrons. The fraction of sp³-hybridized carbons (Fsp3) is 0.778. The fourth-order valence-corrected chi connectivity index (χ4v) is 5.02. The second-order valence-corrected chi connectivity index (χ2v) is 8.25. The summed E-state index contributed by atoms with van der Waals surface area (Å²) in [6.45, 7) is 9.33. The summed E-state index contributed by atoms with van der Waals surface area (Å²) in [5, 5.41) is 4.42. The zero-order valence-corrected chi connectivity index (χ0v) is 14.7. The molecule has 1 aromatic rings. The minimum absolute atomic E-state index is 0.0725. The number of thiophene rings is 1. The van der Waals surface area contributed by atoms with Crippen LogP contribution in [-0.2, 0) is 16.0 Å². The van der Waals surface area contributed by atoms with Crippen LogP contribution in [0.4, 0.5) is 0 Å². The highest BCUT2D eigenvalue weighted by Crippen LogP contribution is 2.34. The third-order valence-corrected chi connectivity index (χ3v) is 6.15. The molecule has 3 fully saturated rings. The molecule has 0 saturated carbocycles. The van der Waals surface area contributed by atoms with Crippen molar-refractivity contribution in [1.82, 2.24) is 9.80 Å². The second-order valence-electron chi connectivity index (χ2n) is 7.47. The Bertz CT molecular complexity index is 489. The lowest BCUT2D eigenvalue weighted by molar-refractivity contribution is -0.0563. The van der Waals surface area contributed by atoms with Gasteiger partial charge in [-0.25, -0.2) is 0 Å². The van der Waals surface area contributed by atoms with Gasteiger partial charge < -0.3 is 14.4 Å². The molecule has 0 bridgehead atoms. The Labute approximate surface area is 143 Å². The van der Waals surface area contributed by atoms with E-state index < -0.39 is 0 Å². The summed E-state index contributed by atoms with van der Waals surface area (Å²) in [6.07, 6.45) is 3.90. The average Bonchev–Trinajstić information content (AvgIpc) is 3.25. The Kier molecular flexibility index (Phi) is 5.02. The van der Waals surface area contributed by atoms with Crippen molar-refractivity contribution in [2.75, 3.05) is 52.5 Å². The predicted molar refractivity (Wildman–Crippen MR) is 92.9 cm³/mol. The third-order valence-electron chi connectivity index (χ3n) is 5.42. The lowest BCUT2D eigenvalue weighted by atomic mass is 9.94. The summed E-state index contributed by atoms with van der Waals surface area (Å²) in [4.78, 5) is 5.14. The van der Waals surface area contributed by atoms with Crippen LogP contribution in [0.3, 0.4) is 0 Å². The molecule has 0 radical (unpaired) electrons. The molecular formula is C18H28N2O2S. The number of ether oxygens (including phenoxy) is 2. The van der Waals surface area contributed by atoms with Crippen LogP contribution in [0.1, 0.15) is 24.8 Å². The predicted octanol–water partition coefficient (Wildman–Crippen LogP) is 2.45. The molecule has 3 aliphatic heterocycles. The molecule has 23 heavy (non-hydrogen) atoms. The number of rotatable bonds is 4. The van der Waals surface area contributed by atoms with E-state index in [9.17, 15) is 0 Å². The zero-order chi connectivity index (χ0) is 15.5. The highest BCUT2D eigenvalue weighted by atomic mass is 32.1. The summed E-state index contributed by atoms with van der Waals surface area (Å²) >= 11 is 1.78. The Morgan fingerprint density at radius 1 is 1.22 bits per heavy atom. The molecule has 5 heteroatoms. The van der Waals surface area contributed by atoms with E-state index in [4.69, 9.17) is 9.47 Å². The van der Waals surface area contributed by atoms with Crippen molar-refractivity contribution >= 4 is 11.3 Å². The fourth-order valence-electron chi connectivity index (χ4n) is 4.36. The van der Waals surface area contributed by atoms with Crippen molar-refractivity contribution in [3.8, 4) is 0 Å². The second kappa shape index (κ2) is 7.19. The summed E-state index contributed by atoms with van der Waals surface area (Å²) in [5.74, 6) is 0.679. The molecule has 1 aromatic heterocycles. The SMILES string of the molecule is c1cc(CN2CCOC[C@@]3(C[C@@H](CN4CCCC4)CO3)C2)cs1. The Morgan fingerprint density at radius 2 is 2.13 bits per heavy atom. The van der Waals surface area contributed by atoms with Crippen molar-refractivity contribution in [1.29, 1.82) is 0 Å². The smallest absolute Gasteiger partial charge is 0.104 e. The molecule has 3 aliphatic rings. The van der Waals surface area contributed by atoms with Crippen LogP contribution in [0.15, 0.2) is 16.8 Å². The number of likely N-dealkylation sites (tertiary alicyclic amines) is 1. The molecule has 1 spiro atoms. The molecule has 4 nitrogen and oxygen atoms in total. The number of hydrogen-bond donors (Lipinski definition) is 0. The molecule has 2 atom stereocenters. The van der Waals surface area contributed by atoms with Crippen LogP contribution in [-0.4, -0.2) is 67.9 Å². The van der Waals surface area contributed by atoms with E-state index in [0.29, 0.717) is 5.92 Å². The topological polar surface area (TPSA) is 24.9 Å². The van der Waals surface area contributed by atoms with E-state index in [-0.39, 0.29) is 5.60 Å². The van der Waals surface area contributed by atoms with Crippen LogP contribution in [0.2, 0.25) is 0 Å². The molecule has 4 heterocycles. The molecule has 4 rings (SSSR count). The zero-order valence-electron chi connectivity index (χ0n) is 13.9. The standard InChI is InChI=1S/C18H28N2O2S/c1-2-5-19(4-1)11-17-9-18(22-12-17)14-20(6-7-21-15-18)10-16-3-8-23-13-16/h3,8,13,17H,1-2,4-7,9-12,14-15H2/t17-,18+/m0/s1. The van der Waals surface area contributed by atoms with E-state index in [1.165, 1.54) is 38.0 Å². The first kappa shape index (κ1) is 16.0. The van der Waals surface area contributed by atoms with E-state index in [1.54, 1.807) is 11.3 Å². The highest BCUT2D eigenvalue weighted by Gasteiger charge is 2.43. The van der Waals surface area contributed by atoms with Crippen molar-refractivity contribution in [2.45, 2.75) is 31.4 Å². The number of hydrogen-bond acceptors (Lipinski definition) is 5. The summed E-state index contributed by atoms with van der Waals surface area (Å²) < 4.78 is 12.3. The van der Waals surface area contributed by atoms with Crippen molar-refractivity contribution in [3.63, 3.8) is 0 Å². The van der Waals surface area contributed by atoms with Crippen LogP contribution < -0.4 is 0 Å². The minimum Gasteiger partial charge on any atom is -0.377 e. The molecule has 0 aromatic carbocycles. The third kappa shape index (κ3) is 3.97. The molecular weight excluding hydrogens is 308 g/mol. The first-order chi connectivity index (χ1) is 11.3. The molecule has 0 N–H and O–H groups in total. The maximum atomic E-state index is 6.34. The quantitative estimate of drug-likeness (QED) is 0.843. The van der Waals surface area contributed by atoms with Crippen molar-refractivity contribution in [2.24, 2.45) is 5.92 Å². The Hall–Kier alpha value is -0.460. The van der Waals surface area contributed by atoms with Crippen molar-refractivity contribution in [3.05, 3.63) is 22.4 Å². The van der Waals surface area contributed by atoms with Gasteiger partial charge in [0, 0.05) is 26.2 Å². The maximum Gasteiger partial charge on any atom is 0.104 e. The van der Waals surface area contributed by atoms with Crippen molar-refractivity contribution < 1.29 is 9.47 Å². The van der Waals surface area contributed by atoms with Gasteiger partial charge in [0.15, 0.2) is 0 Å². The van der Waals surface area contributed by atoms with Gasteiger partial charge in [-0.1, -0.05) is 0 Å². The number of nitrogens with zero attached hydrogens (tertiary/aromatic N) is 2. The summed E-state index contributed by atoms with van der Waals surface area (Å²) in [5.41, 5.74) is 1.34. The van der Waals surface area contributed by atoms with E-state index in [0.717, 1.165) is 45.9 Å². The van der Waals surface area contributed by atoms with Gasteiger partial charge in [-0.15, -0.1) is 0 Å². The average molecular weight is 337 g/mol. The lowest BCUT2D eigenvalue weighted by Gasteiger charge is -2.31. The van der Waals surface area contributed by atoms with Gasteiger partial charge in [0.25, 0.3) is 0 Å². The Balaban J connectivity index is 1.36.